The number of unbranched alkanes of at least 4 members (excludes halogenated alkanes) is 3. The molecule has 0 aromatic carbocycles. The normalized spacial score (nSPS) is 15.0. The molecule has 0 rings (SSSR count). The van der Waals surface area contributed by atoms with Crippen molar-refractivity contribution in [3.63, 3.8) is 0 Å². The molecule has 0 aromatic rings. The van der Waals surface area contributed by atoms with E-state index in [9.17, 15) is 0 Å². The van der Waals surface area contributed by atoms with Gasteiger partial charge >= 0.3 is 0 Å². The molecule has 0 bridgehead atoms. The van der Waals surface area contributed by atoms with Crippen LogP contribution < -0.4 is 5.43 Å². The molecular weight excluding hydrogens is 256 g/mol. The van der Waals surface area contributed by atoms with Crippen LogP contribution in [0.4, 0.5) is 0 Å². The molecule has 2 heteroatoms. The third-order valence-electron chi connectivity index (χ3n) is 4.91. The average molecular weight is 297 g/mol. The maximum atomic E-state index is 4.00. The van der Waals surface area contributed by atoms with Crippen molar-refractivity contribution >= 4 is 0 Å². The van der Waals surface area contributed by atoms with Crippen molar-refractivity contribution in [3.05, 3.63) is 12.3 Å². The Morgan fingerprint density at radius 3 is 2.05 bits per heavy atom. The summed E-state index contributed by atoms with van der Waals surface area (Å²) in [6.45, 7) is 17.9. The zero-order valence-corrected chi connectivity index (χ0v) is 15.8. The number of nitrogens with zero attached hydrogens (tertiary/aromatic N) is 1. The molecule has 2 nitrogen and oxygen atoms in total. The van der Waals surface area contributed by atoms with E-state index >= 15 is 0 Å². The maximum Gasteiger partial charge on any atom is 0.0259 e. The van der Waals surface area contributed by atoms with E-state index < -0.39 is 0 Å². The lowest BCUT2D eigenvalue weighted by atomic mass is 9.79. The van der Waals surface area contributed by atoms with Gasteiger partial charge in [-0.05, 0) is 31.1 Å². The zero-order chi connectivity index (χ0) is 16.5. The second kappa shape index (κ2) is 10.3. The molecule has 1 N–H and O–H groups in total. The molecule has 0 aromatic heterocycles. The molecule has 0 aliphatic rings. The highest BCUT2D eigenvalue weighted by Crippen LogP contribution is 2.29. The standard InChI is InChI=1S/C19H40N2/c1-9-17(3)20-21(8)18(4)15-13-11-10-12-14-16(2)19(5,6)7/h16,18,20H,3,9-15H2,1-2,4-8H3. The van der Waals surface area contributed by atoms with Crippen molar-refractivity contribution in [1.29, 1.82) is 0 Å². The number of hydrogen-bond acceptors (Lipinski definition) is 2. The summed E-state index contributed by atoms with van der Waals surface area (Å²) in [7, 11) is 2.12. The van der Waals surface area contributed by atoms with Gasteiger partial charge in [-0.1, -0.05) is 73.3 Å². The smallest absolute Gasteiger partial charge is 0.0259 e. The Bertz CT molecular complexity index is 278. The Kier molecular flexibility index (Phi) is 10.0. The minimum atomic E-state index is 0.463. The summed E-state index contributed by atoms with van der Waals surface area (Å²) >= 11 is 0. The van der Waals surface area contributed by atoms with Gasteiger partial charge in [-0.15, -0.1) is 0 Å². The van der Waals surface area contributed by atoms with Crippen molar-refractivity contribution in [3.8, 4) is 0 Å². The zero-order valence-electron chi connectivity index (χ0n) is 15.8. The maximum absolute atomic E-state index is 4.00. The predicted molar refractivity (Wildman–Crippen MR) is 96.1 cm³/mol. The van der Waals surface area contributed by atoms with Gasteiger partial charge in [-0.2, -0.15) is 0 Å². The molecule has 21 heavy (non-hydrogen) atoms. The molecule has 0 heterocycles. The molecule has 0 spiro atoms. The summed E-state index contributed by atoms with van der Waals surface area (Å²) in [5, 5.41) is 2.20. The van der Waals surface area contributed by atoms with Crippen LogP contribution in [0.5, 0.6) is 0 Å². The largest absolute Gasteiger partial charge is 0.324 e. The van der Waals surface area contributed by atoms with E-state index in [1.807, 2.05) is 0 Å². The molecule has 2 atom stereocenters. The summed E-state index contributed by atoms with van der Waals surface area (Å²) in [6, 6.07) is 0.571. The molecular formula is C19H40N2. The fraction of sp³-hybridized carbons (Fsp3) is 0.895. The first kappa shape index (κ1) is 20.5. The highest BCUT2D eigenvalue weighted by molar-refractivity contribution is 4.87. The number of rotatable bonds is 11. The Labute approximate surface area is 134 Å². The number of nitrogens with one attached hydrogen (secondary N) is 1. The first-order valence-corrected chi connectivity index (χ1v) is 8.85. The molecule has 0 aliphatic heterocycles. The predicted octanol–water partition coefficient (Wildman–Crippen LogP) is 5.76. The summed E-state index contributed by atoms with van der Waals surface area (Å²) in [6.07, 6.45) is 9.08. The van der Waals surface area contributed by atoms with Gasteiger partial charge < -0.3 is 5.43 Å². The van der Waals surface area contributed by atoms with Crippen LogP contribution in [-0.4, -0.2) is 18.1 Å². The second-order valence-corrected chi connectivity index (χ2v) is 7.79. The number of allylic oxidation sites excluding steroid dienone is 1. The van der Waals surface area contributed by atoms with Crippen LogP contribution in [0.25, 0.3) is 0 Å². The van der Waals surface area contributed by atoms with Crippen LogP contribution in [0, 0.1) is 11.3 Å². The molecule has 126 valence electrons. The monoisotopic (exact) mass is 296 g/mol. The van der Waals surface area contributed by atoms with E-state index in [1.165, 1.54) is 38.5 Å². The topological polar surface area (TPSA) is 15.3 Å². The van der Waals surface area contributed by atoms with Crippen molar-refractivity contribution in [2.45, 2.75) is 92.5 Å². The number of hydrazine groups is 1. The van der Waals surface area contributed by atoms with Crippen molar-refractivity contribution in [2.75, 3.05) is 7.05 Å². The minimum Gasteiger partial charge on any atom is -0.324 e. The first-order chi connectivity index (χ1) is 9.68. The Morgan fingerprint density at radius 1 is 1.05 bits per heavy atom. The van der Waals surface area contributed by atoms with E-state index in [-0.39, 0.29) is 0 Å². The fourth-order valence-corrected chi connectivity index (χ4v) is 2.31. The summed E-state index contributed by atoms with van der Waals surface area (Å²) in [5.74, 6) is 0.826. The Morgan fingerprint density at radius 2 is 1.57 bits per heavy atom. The van der Waals surface area contributed by atoms with Crippen LogP contribution in [0.2, 0.25) is 0 Å². The van der Waals surface area contributed by atoms with Gasteiger partial charge in [0.25, 0.3) is 0 Å². The van der Waals surface area contributed by atoms with E-state index in [2.05, 4.69) is 65.6 Å². The molecule has 0 saturated heterocycles. The summed E-state index contributed by atoms with van der Waals surface area (Å²) in [5.41, 5.74) is 4.91. The summed E-state index contributed by atoms with van der Waals surface area (Å²) < 4.78 is 0. The lowest BCUT2D eigenvalue weighted by molar-refractivity contribution is 0.183. The molecule has 0 aliphatic carbocycles. The first-order valence-electron chi connectivity index (χ1n) is 8.85. The van der Waals surface area contributed by atoms with Crippen LogP contribution in [0.3, 0.4) is 0 Å². The quantitative estimate of drug-likeness (QED) is 0.385. The van der Waals surface area contributed by atoms with Gasteiger partial charge in [0.1, 0.15) is 0 Å². The fourth-order valence-electron chi connectivity index (χ4n) is 2.31. The average Bonchev–Trinajstić information content (AvgIpc) is 2.40. The van der Waals surface area contributed by atoms with Crippen LogP contribution in [0.1, 0.15) is 86.5 Å². The molecule has 0 fully saturated rings. The van der Waals surface area contributed by atoms with Gasteiger partial charge in [0.15, 0.2) is 0 Å². The van der Waals surface area contributed by atoms with Gasteiger partial charge in [0.2, 0.25) is 0 Å². The highest BCUT2D eigenvalue weighted by atomic mass is 15.5. The number of hydrogen-bond donors (Lipinski definition) is 1. The van der Waals surface area contributed by atoms with E-state index in [4.69, 9.17) is 0 Å². The Balaban J connectivity index is 3.65. The molecule has 0 amide bonds. The minimum absolute atomic E-state index is 0.463. The van der Waals surface area contributed by atoms with E-state index in [0.29, 0.717) is 11.5 Å². The SMILES string of the molecule is C=C(CC)NN(C)C(C)CCCCCCC(C)C(C)(C)C. The molecule has 2 unspecified atom stereocenters. The highest BCUT2D eigenvalue weighted by Gasteiger charge is 2.18. The third-order valence-corrected chi connectivity index (χ3v) is 4.91. The lowest BCUT2D eigenvalue weighted by Crippen LogP contribution is -2.40. The van der Waals surface area contributed by atoms with E-state index in [1.54, 1.807) is 0 Å². The van der Waals surface area contributed by atoms with Gasteiger partial charge in [0.05, 0.1) is 0 Å². The lowest BCUT2D eigenvalue weighted by Gasteiger charge is -2.27. The third kappa shape index (κ3) is 9.95. The molecule has 0 radical (unpaired) electrons. The van der Waals surface area contributed by atoms with Crippen molar-refractivity contribution in [1.82, 2.24) is 10.4 Å². The van der Waals surface area contributed by atoms with Gasteiger partial charge in [-0.3, -0.25) is 0 Å². The van der Waals surface area contributed by atoms with Gasteiger partial charge in [-0.25, -0.2) is 5.01 Å². The van der Waals surface area contributed by atoms with Crippen LogP contribution in [-0.2, 0) is 0 Å². The van der Waals surface area contributed by atoms with Crippen LogP contribution in [0.15, 0.2) is 12.3 Å². The van der Waals surface area contributed by atoms with Crippen LogP contribution >= 0.6 is 0 Å². The second-order valence-electron chi connectivity index (χ2n) is 7.79. The van der Waals surface area contributed by atoms with Gasteiger partial charge in [0, 0.05) is 18.8 Å². The Hall–Kier alpha value is -0.500. The van der Waals surface area contributed by atoms with E-state index in [0.717, 1.165) is 18.0 Å². The molecule has 0 saturated carbocycles. The van der Waals surface area contributed by atoms with Crippen molar-refractivity contribution < 1.29 is 0 Å². The van der Waals surface area contributed by atoms with Crippen molar-refractivity contribution in [2.24, 2.45) is 11.3 Å². The summed E-state index contributed by atoms with van der Waals surface area (Å²) in [4.78, 5) is 0.